The summed E-state index contributed by atoms with van der Waals surface area (Å²) in [6.07, 6.45) is 11.2. The third kappa shape index (κ3) is 2.60. The van der Waals surface area contributed by atoms with Crippen LogP contribution in [-0.4, -0.2) is 45.0 Å². The summed E-state index contributed by atoms with van der Waals surface area (Å²) in [5.74, 6) is 0.459. The monoisotopic (exact) mass is 349 g/mol. The van der Waals surface area contributed by atoms with Gasteiger partial charge in [0.2, 0.25) is 0 Å². The molecule has 0 atom stereocenters. The molecule has 0 aromatic carbocycles. The predicted molar refractivity (Wildman–Crippen MR) is 101 cm³/mol. The molecule has 6 nitrogen and oxygen atoms in total. The Morgan fingerprint density at radius 2 is 2.00 bits per heavy atom. The SMILES string of the molecule is O=C(NC1CCC1)N1CCC(c2cc[nH]c3cnc4nccc4c23)CC1. The van der Waals surface area contributed by atoms with E-state index >= 15 is 0 Å². The van der Waals surface area contributed by atoms with Gasteiger partial charge in [-0.2, -0.15) is 0 Å². The van der Waals surface area contributed by atoms with Crippen molar-refractivity contribution in [2.45, 2.75) is 44.1 Å². The first kappa shape index (κ1) is 15.6. The number of H-pyrrole nitrogens is 1. The predicted octanol–water partition coefficient (Wildman–Crippen LogP) is 3.55. The molecule has 4 heterocycles. The van der Waals surface area contributed by atoms with Gasteiger partial charge in [-0.05, 0) is 55.7 Å². The van der Waals surface area contributed by atoms with Gasteiger partial charge in [-0.3, -0.25) is 0 Å². The van der Waals surface area contributed by atoms with E-state index < -0.39 is 0 Å². The zero-order valence-electron chi connectivity index (χ0n) is 14.7. The molecule has 1 aliphatic carbocycles. The van der Waals surface area contributed by atoms with Gasteiger partial charge in [0.1, 0.15) is 0 Å². The highest BCUT2D eigenvalue weighted by Crippen LogP contribution is 2.35. The summed E-state index contributed by atoms with van der Waals surface area (Å²) < 4.78 is 0. The summed E-state index contributed by atoms with van der Waals surface area (Å²) in [5.41, 5.74) is 3.20. The minimum absolute atomic E-state index is 0.117. The number of nitrogens with one attached hydrogen (secondary N) is 2. The van der Waals surface area contributed by atoms with E-state index in [2.05, 4.69) is 26.3 Å². The molecule has 134 valence electrons. The van der Waals surface area contributed by atoms with Crippen molar-refractivity contribution in [3.8, 4) is 0 Å². The minimum Gasteiger partial charge on any atom is -0.360 e. The van der Waals surface area contributed by atoms with Gasteiger partial charge in [0.25, 0.3) is 0 Å². The Morgan fingerprint density at radius 3 is 2.77 bits per heavy atom. The second-order valence-electron chi connectivity index (χ2n) is 7.50. The van der Waals surface area contributed by atoms with Crippen molar-refractivity contribution in [3.05, 3.63) is 36.3 Å². The van der Waals surface area contributed by atoms with Crippen LogP contribution in [0.15, 0.2) is 30.7 Å². The Balaban J connectivity index is 1.38. The molecular formula is C20H23N5O. The zero-order valence-corrected chi connectivity index (χ0v) is 14.7. The molecule has 26 heavy (non-hydrogen) atoms. The molecule has 2 N–H and O–H groups in total. The van der Waals surface area contributed by atoms with Crippen LogP contribution in [0.3, 0.4) is 0 Å². The molecule has 1 saturated heterocycles. The topological polar surface area (TPSA) is 73.9 Å². The van der Waals surface area contributed by atoms with E-state index in [1.807, 2.05) is 29.6 Å². The molecule has 2 aliphatic rings. The number of fused-ring (bicyclic) bond motifs is 3. The average Bonchev–Trinajstić information content (AvgIpc) is 3.13. The average molecular weight is 349 g/mol. The quantitative estimate of drug-likeness (QED) is 0.743. The van der Waals surface area contributed by atoms with E-state index in [0.717, 1.165) is 55.3 Å². The maximum atomic E-state index is 12.4. The molecule has 2 amide bonds. The van der Waals surface area contributed by atoms with Gasteiger partial charge in [0, 0.05) is 42.3 Å². The number of carbonyl (C=O) groups is 1. The van der Waals surface area contributed by atoms with E-state index in [9.17, 15) is 4.79 Å². The normalized spacial score (nSPS) is 19.0. The largest absolute Gasteiger partial charge is 0.360 e. The summed E-state index contributed by atoms with van der Waals surface area (Å²) in [7, 11) is 0. The van der Waals surface area contributed by atoms with Crippen LogP contribution in [0.25, 0.3) is 21.9 Å². The third-order valence-electron chi connectivity index (χ3n) is 5.98. The summed E-state index contributed by atoms with van der Waals surface area (Å²) in [6, 6.07) is 4.75. The van der Waals surface area contributed by atoms with Gasteiger partial charge in [-0.15, -0.1) is 0 Å². The number of aromatic nitrogens is 3. The maximum absolute atomic E-state index is 12.4. The first-order valence-electron chi connectivity index (χ1n) is 9.56. The lowest BCUT2D eigenvalue weighted by Gasteiger charge is -2.35. The number of pyridine rings is 2. The molecule has 1 aliphatic heterocycles. The van der Waals surface area contributed by atoms with Crippen molar-refractivity contribution in [1.29, 1.82) is 0 Å². The van der Waals surface area contributed by atoms with Crippen LogP contribution in [0.4, 0.5) is 4.79 Å². The van der Waals surface area contributed by atoms with Crippen molar-refractivity contribution < 1.29 is 4.79 Å². The van der Waals surface area contributed by atoms with Crippen LogP contribution in [0.2, 0.25) is 0 Å². The molecular weight excluding hydrogens is 326 g/mol. The van der Waals surface area contributed by atoms with E-state index in [4.69, 9.17) is 0 Å². The van der Waals surface area contributed by atoms with E-state index in [0.29, 0.717) is 12.0 Å². The van der Waals surface area contributed by atoms with Crippen LogP contribution in [0.5, 0.6) is 0 Å². The maximum Gasteiger partial charge on any atom is 0.317 e. The molecule has 1 saturated carbocycles. The number of likely N-dealkylation sites (tertiary alicyclic amines) is 1. The van der Waals surface area contributed by atoms with Crippen molar-refractivity contribution in [1.82, 2.24) is 25.2 Å². The number of hydrogen-bond acceptors (Lipinski definition) is 3. The van der Waals surface area contributed by atoms with Crippen LogP contribution < -0.4 is 5.32 Å². The van der Waals surface area contributed by atoms with E-state index in [1.165, 1.54) is 17.4 Å². The summed E-state index contributed by atoms with van der Waals surface area (Å²) in [4.78, 5) is 26.5. The van der Waals surface area contributed by atoms with Crippen LogP contribution in [-0.2, 0) is 0 Å². The fraction of sp³-hybridized carbons (Fsp3) is 0.450. The Hall–Kier alpha value is -2.63. The molecule has 0 spiro atoms. The number of carbonyl (C=O) groups excluding carboxylic acids is 1. The number of nitrogens with zero attached hydrogens (tertiary/aromatic N) is 3. The number of hydrogen-bond donors (Lipinski definition) is 2. The van der Waals surface area contributed by atoms with E-state index in [-0.39, 0.29) is 6.03 Å². The number of aromatic amines is 1. The standard InChI is InChI=1S/C20H23N5O/c26-20(24-14-2-1-3-14)25-10-6-13(7-11-25)15-4-8-21-17-12-23-19-16(18(15)17)5-9-22-19/h4-5,8-9,12-14,21H,1-3,6-7,10-11H2,(H,24,26). The van der Waals surface area contributed by atoms with Crippen molar-refractivity contribution >= 4 is 28.0 Å². The Kier molecular flexibility index (Phi) is 3.76. The van der Waals surface area contributed by atoms with Gasteiger partial charge in [0.15, 0.2) is 5.65 Å². The third-order valence-corrected chi connectivity index (χ3v) is 5.98. The highest BCUT2D eigenvalue weighted by molar-refractivity contribution is 6.05. The molecule has 0 radical (unpaired) electrons. The number of amides is 2. The van der Waals surface area contributed by atoms with Gasteiger partial charge in [-0.1, -0.05) is 0 Å². The number of rotatable bonds is 2. The smallest absolute Gasteiger partial charge is 0.317 e. The Bertz CT molecular complexity index is 953. The lowest BCUT2D eigenvalue weighted by Crippen LogP contribution is -2.49. The molecule has 6 heteroatoms. The zero-order chi connectivity index (χ0) is 17.5. The molecule has 3 aromatic rings. The molecule has 3 aromatic heterocycles. The van der Waals surface area contributed by atoms with Gasteiger partial charge in [0.05, 0.1) is 11.7 Å². The first-order valence-corrected chi connectivity index (χ1v) is 9.56. The first-order chi connectivity index (χ1) is 12.8. The molecule has 0 bridgehead atoms. The van der Waals surface area contributed by atoms with Gasteiger partial charge < -0.3 is 15.2 Å². The summed E-state index contributed by atoms with van der Waals surface area (Å²) in [6.45, 7) is 1.63. The lowest BCUT2D eigenvalue weighted by atomic mass is 9.87. The van der Waals surface area contributed by atoms with Crippen molar-refractivity contribution in [2.75, 3.05) is 13.1 Å². The van der Waals surface area contributed by atoms with Crippen LogP contribution >= 0.6 is 0 Å². The minimum atomic E-state index is 0.117. The second-order valence-corrected chi connectivity index (χ2v) is 7.50. The van der Waals surface area contributed by atoms with Crippen LogP contribution in [0.1, 0.15) is 43.6 Å². The number of piperidine rings is 1. The molecule has 2 fully saturated rings. The highest BCUT2D eigenvalue weighted by Gasteiger charge is 2.28. The van der Waals surface area contributed by atoms with E-state index in [1.54, 1.807) is 0 Å². The van der Waals surface area contributed by atoms with Crippen LogP contribution in [0, 0.1) is 0 Å². The Morgan fingerprint density at radius 1 is 1.15 bits per heavy atom. The molecule has 0 unspecified atom stereocenters. The van der Waals surface area contributed by atoms with Gasteiger partial charge >= 0.3 is 6.03 Å². The fourth-order valence-electron chi connectivity index (χ4n) is 4.24. The van der Waals surface area contributed by atoms with Gasteiger partial charge in [-0.25, -0.2) is 14.8 Å². The highest BCUT2D eigenvalue weighted by atomic mass is 16.2. The Labute approximate surface area is 152 Å². The fourth-order valence-corrected chi connectivity index (χ4v) is 4.24. The summed E-state index contributed by atoms with van der Waals surface area (Å²) in [5, 5.41) is 5.50. The summed E-state index contributed by atoms with van der Waals surface area (Å²) >= 11 is 0. The van der Waals surface area contributed by atoms with Crippen molar-refractivity contribution in [3.63, 3.8) is 0 Å². The second kappa shape index (κ2) is 6.27. The molecule has 5 rings (SSSR count). The number of urea groups is 1. The van der Waals surface area contributed by atoms with Crippen molar-refractivity contribution in [2.24, 2.45) is 0 Å². The lowest BCUT2D eigenvalue weighted by molar-refractivity contribution is 0.171.